The van der Waals surface area contributed by atoms with Crippen molar-refractivity contribution in [2.75, 3.05) is 0 Å². The highest BCUT2D eigenvalue weighted by molar-refractivity contribution is 7.16. The maximum Gasteiger partial charge on any atom is 0.225 e. The lowest BCUT2D eigenvalue weighted by Gasteiger charge is -2.01. The Labute approximate surface area is 134 Å². The van der Waals surface area contributed by atoms with Gasteiger partial charge >= 0.3 is 0 Å². The molecule has 0 spiro atoms. The summed E-state index contributed by atoms with van der Waals surface area (Å²) in [6, 6.07) is 8.73. The van der Waals surface area contributed by atoms with Crippen molar-refractivity contribution >= 4 is 21.6 Å². The Bertz CT molecular complexity index is 503. The van der Waals surface area contributed by atoms with Crippen LogP contribution < -0.4 is 4.57 Å². The van der Waals surface area contributed by atoms with E-state index in [2.05, 4.69) is 41.3 Å². The van der Waals surface area contributed by atoms with Crippen molar-refractivity contribution in [2.24, 2.45) is 0 Å². The van der Waals surface area contributed by atoms with Gasteiger partial charge in [0.2, 0.25) is 11.0 Å². The zero-order valence-corrected chi connectivity index (χ0v) is 14.3. The number of para-hydroxylation sites is 1. The van der Waals surface area contributed by atoms with Crippen LogP contribution in [0.4, 0.5) is 0 Å². The lowest BCUT2D eigenvalue weighted by atomic mass is 10.1. The number of thiazole rings is 1. The van der Waals surface area contributed by atoms with Crippen molar-refractivity contribution in [3.05, 3.63) is 29.8 Å². The summed E-state index contributed by atoms with van der Waals surface area (Å²) in [6.45, 7) is 3.47. The van der Waals surface area contributed by atoms with Gasteiger partial charge in [-0.25, -0.2) is 0 Å². The highest BCUT2D eigenvalue weighted by Crippen LogP contribution is 2.15. The molecule has 0 radical (unpaired) electrons. The molecule has 21 heavy (non-hydrogen) atoms. The third-order valence-corrected chi connectivity index (χ3v) is 5.19. The van der Waals surface area contributed by atoms with Gasteiger partial charge in [0, 0.05) is 12.5 Å². The van der Waals surface area contributed by atoms with Crippen LogP contribution in [0.3, 0.4) is 0 Å². The van der Waals surface area contributed by atoms with Gasteiger partial charge in [0.1, 0.15) is 11.2 Å². The Kier molecular flexibility index (Phi) is 7.80. The second-order valence-corrected chi connectivity index (χ2v) is 6.95. The monoisotopic (exact) mass is 304 g/mol. The molecule has 0 unspecified atom stereocenters. The van der Waals surface area contributed by atoms with Gasteiger partial charge in [0.05, 0.1) is 0 Å². The molecule has 0 saturated carbocycles. The van der Waals surface area contributed by atoms with Gasteiger partial charge in [-0.3, -0.25) is 0 Å². The molecule has 1 heterocycles. The molecule has 2 heteroatoms. The summed E-state index contributed by atoms with van der Waals surface area (Å²) in [5.41, 5.74) is 3.68. The van der Waals surface area contributed by atoms with Crippen LogP contribution in [-0.4, -0.2) is 0 Å². The Morgan fingerprint density at radius 1 is 0.810 bits per heavy atom. The average molecular weight is 305 g/mol. The highest BCUT2D eigenvalue weighted by atomic mass is 32.1. The van der Waals surface area contributed by atoms with E-state index in [1.165, 1.54) is 81.0 Å². The van der Waals surface area contributed by atoms with E-state index in [0.717, 1.165) is 0 Å². The van der Waals surface area contributed by atoms with Crippen LogP contribution in [0.2, 0.25) is 0 Å². The Morgan fingerprint density at radius 3 is 2.14 bits per heavy atom. The first-order valence-corrected chi connectivity index (χ1v) is 9.65. The maximum atomic E-state index is 2.42. The number of aromatic nitrogens is 1. The molecular weight excluding hydrogens is 274 g/mol. The fourth-order valence-electron chi connectivity index (χ4n) is 2.91. The van der Waals surface area contributed by atoms with Crippen LogP contribution >= 0.6 is 11.3 Å². The standard InChI is InChI=1S/C19H30NS/c1-2-3-4-5-6-7-8-9-10-13-16-20-17-21-19-15-12-11-14-18(19)20/h11-12,14-15,17H,2-10,13,16H2,1H3/q+1. The van der Waals surface area contributed by atoms with E-state index < -0.39 is 0 Å². The first-order chi connectivity index (χ1) is 10.4. The van der Waals surface area contributed by atoms with Crippen LogP contribution in [0.1, 0.15) is 71.1 Å². The van der Waals surface area contributed by atoms with Crippen molar-refractivity contribution in [1.29, 1.82) is 0 Å². The quantitative estimate of drug-likeness (QED) is 0.348. The molecule has 0 bridgehead atoms. The van der Waals surface area contributed by atoms with Gasteiger partial charge < -0.3 is 0 Å². The summed E-state index contributed by atoms with van der Waals surface area (Å²) in [7, 11) is 0. The van der Waals surface area contributed by atoms with Crippen LogP contribution in [-0.2, 0) is 6.54 Å². The first kappa shape index (κ1) is 16.5. The Balaban J connectivity index is 1.52. The average Bonchev–Trinajstić information content (AvgIpc) is 2.92. The van der Waals surface area contributed by atoms with Crippen LogP contribution in [0, 0.1) is 0 Å². The SMILES string of the molecule is CCCCCCCCCCCC[n+]1csc2ccccc21. The summed E-state index contributed by atoms with van der Waals surface area (Å²) in [5.74, 6) is 0. The second kappa shape index (κ2) is 9.94. The topological polar surface area (TPSA) is 3.88 Å². The molecule has 116 valence electrons. The molecule has 0 N–H and O–H groups in total. The minimum atomic E-state index is 1.18. The molecule has 0 aliphatic heterocycles. The van der Waals surface area contributed by atoms with E-state index in [1.807, 2.05) is 11.3 Å². The van der Waals surface area contributed by atoms with Crippen molar-refractivity contribution in [3.63, 3.8) is 0 Å². The van der Waals surface area contributed by atoms with E-state index in [0.29, 0.717) is 0 Å². The summed E-state index contributed by atoms with van der Waals surface area (Å²) in [6.07, 6.45) is 14.1. The van der Waals surface area contributed by atoms with Gasteiger partial charge in [-0.1, -0.05) is 81.8 Å². The van der Waals surface area contributed by atoms with Crippen molar-refractivity contribution in [3.8, 4) is 0 Å². The normalized spacial score (nSPS) is 11.3. The van der Waals surface area contributed by atoms with Crippen LogP contribution in [0.25, 0.3) is 10.2 Å². The minimum Gasteiger partial charge on any atom is -0.188 e. The van der Waals surface area contributed by atoms with Crippen LogP contribution in [0.15, 0.2) is 29.8 Å². The summed E-state index contributed by atoms with van der Waals surface area (Å²) in [5, 5.41) is 0. The molecule has 0 amide bonds. The van der Waals surface area contributed by atoms with Gasteiger partial charge in [-0.15, -0.1) is 0 Å². The molecule has 1 aromatic heterocycles. The van der Waals surface area contributed by atoms with E-state index in [4.69, 9.17) is 0 Å². The van der Waals surface area contributed by atoms with E-state index in [-0.39, 0.29) is 0 Å². The minimum absolute atomic E-state index is 1.18. The lowest BCUT2D eigenvalue weighted by molar-refractivity contribution is -0.667. The molecule has 0 fully saturated rings. The first-order valence-electron chi connectivity index (χ1n) is 8.77. The van der Waals surface area contributed by atoms with Crippen molar-refractivity contribution in [2.45, 2.75) is 77.7 Å². The number of nitrogens with zero attached hydrogens (tertiary/aromatic N) is 1. The molecule has 1 nitrogen and oxygen atoms in total. The smallest absolute Gasteiger partial charge is 0.188 e. The summed E-state index contributed by atoms with van der Waals surface area (Å²) < 4.78 is 3.83. The molecule has 0 saturated heterocycles. The third-order valence-electron chi connectivity index (χ3n) is 4.23. The van der Waals surface area contributed by atoms with Gasteiger partial charge in [0.15, 0.2) is 0 Å². The number of aryl methyl sites for hydroxylation is 1. The Morgan fingerprint density at radius 2 is 1.43 bits per heavy atom. The predicted octanol–water partition coefficient (Wildman–Crippen LogP) is 6.11. The second-order valence-electron chi connectivity index (χ2n) is 6.07. The number of benzene rings is 1. The van der Waals surface area contributed by atoms with E-state index in [9.17, 15) is 0 Å². The fraction of sp³-hybridized carbons (Fsp3) is 0.632. The zero-order valence-electron chi connectivity index (χ0n) is 13.5. The zero-order chi connectivity index (χ0) is 14.8. The molecule has 2 rings (SSSR count). The molecule has 0 atom stereocenters. The number of hydrogen-bond acceptors (Lipinski definition) is 1. The fourth-order valence-corrected chi connectivity index (χ4v) is 3.84. The summed E-state index contributed by atoms with van der Waals surface area (Å²) in [4.78, 5) is 0. The number of unbranched alkanes of at least 4 members (excludes halogenated alkanes) is 9. The Hall–Kier alpha value is -0.890. The van der Waals surface area contributed by atoms with Crippen molar-refractivity contribution in [1.82, 2.24) is 0 Å². The molecule has 0 aliphatic carbocycles. The van der Waals surface area contributed by atoms with Gasteiger partial charge in [-0.05, 0) is 12.5 Å². The number of fused-ring (bicyclic) bond motifs is 1. The molecule has 0 aliphatic rings. The third kappa shape index (κ3) is 5.78. The highest BCUT2D eigenvalue weighted by Gasteiger charge is 2.09. The number of rotatable bonds is 11. The van der Waals surface area contributed by atoms with E-state index >= 15 is 0 Å². The van der Waals surface area contributed by atoms with Gasteiger partial charge in [0.25, 0.3) is 0 Å². The predicted molar refractivity (Wildman–Crippen MR) is 93.9 cm³/mol. The largest absolute Gasteiger partial charge is 0.225 e. The number of hydrogen-bond donors (Lipinski definition) is 0. The maximum absolute atomic E-state index is 2.42. The summed E-state index contributed by atoms with van der Waals surface area (Å²) >= 11 is 1.86. The lowest BCUT2D eigenvalue weighted by Crippen LogP contribution is -2.31. The van der Waals surface area contributed by atoms with Crippen molar-refractivity contribution < 1.29 is 4.57 Å². The van der Waals surface area contributed by atoms with Gasteiger partial charge in [-0.2, -0.15) is 4.57 Å². The van der Waals surface area contributed by atoms with E-state index in [1.54, 1.807) is 0 Å². The molecule has 1 aromatic carbocycles. The molecule has 2 aromatic rings. The molecular formula is C19H30NS+. The van der Waals surface area contributed by atoms with Crippen LogP contribution in [0.5, 0.6) is 0 Å².